The second-order valence-corrected chi connectivity index (χ2v) is 4.99. The summed E-state index contributed by atoms with van der Waals surface area (Å²) in [6.45, 7) is 4.79. The molecule has 1 heterocycles. The smallest absolute Gasteiger partial charge is 0.248 e. The van der Waals surface area contributed by atoms with Gasteiger partial charge in [0.1, 0.15) is 0 Å². The quantitative estimate of drug-likeness (QED) is 0.735. The molecule has 2 rings (SSSR count). The Balaban J connectivity index is 1.73. The summed E-state index contributed by atoms with van der Waals surface area (Å²) in [5, 5.41) is 0. The Hall–Kier alpha value is -0.220. The van der Waals surface area contributed by atoms with Gasteiger partial charge in [-0.1, -0.05) is 6.92 Å². The highest BCUT2D eigenvalue weighted by Crippen LogP contribution is 2.42. The Morgan fingerprint density at radius 2 is 2.00 bits per heavy atom. The van der Waals surface area contributed by atoms with Crippen molar-refractivity contribution in [2.45, 2.75) is 31.7 Å². The van der Waals surface area contributed by atoms with Gasteiger partial charge in [-0.25, -0.2) is 8.78 Å². The average molecular weight is 204 g/mol. The van der Waals surface area contributed by atoms with Crippen molar-refractivity contribution in [1.29, 1.82) is 0 Å². The van der Waals surface area contributed by atoms with Crippen LogP contribution in [0, 0.1) is 11.8 Å². The number of hydrogen-bond acceptors (Lipinski definition) is 2. The molecule has 2 atom stereocenters. The summed E-state index contributed by atoms with van der Waals surface area (Å²) in [5.41, 5.74) is 5.87. The van der Waals surface area contributed by atoms with E-state index in [4.69, 9.17) is 5.73 Å². The van der Waals surface area contributed by atoms with Gasteiger partial charge in [0, 0.05) is 38.5 Å². The monoisotopic (exact) mass is 204 g/mol. The summed E-state index contributed by atoms with van der Waals surface area (Å²) < 4.78 is 25.1. The first-order valence-corrected chi connectivity index (χ1v) is 5.32. The van der Waals surface area contributed by atoms with Gasteiger partial charge < -0.3 is 10.6 Å². The van der Waals surface area contributed by atoms with Crippen LogP contribution >= 0.6 is 0 Å². The molecule has 0 aromatic heterocycles. The molecule has 1 aliphatic carbocycles. The van der Waals surface area contributed by atoms with E-state index in [-0.39, 0.29) is 24.8 Å². The number of alkyl halides is 2. The van der Waals surface area contributed by atoms with E-state index in [9.17, 15) is 8.78 Å². The lowest BCUT2D eigenvalue weighted by atomic mass is 9.81. The van der Waals surface area contributed by atoms with Crippen molar-refractivity contribution in [3.05, 3.63) is 0 Å². The van der Waals surface area contributed by atoms with Gasteiger partial charge in [-0.3, -0.25) is 0 Å². The lowest BCUT2D eigenvalue weighted by Gasteiger charge is -2.37. The van der Waals surface area contributed by atoms with Crippen molar-refractivity contribution in [3.8, 4) is 0 Å². The maximum Gasteiger partial charge on any atom is 0.248 e. The number of hydrogen-bond donors (Lipinski definition) is 1. The van der Waals surface area contributed by atoms with E-state index in [1.54, 1.807) is 0 Å². The van der Waals surface area contributed by atoms with E-state index >= 15 is 0 Å². The number of rotatable bonds is 2. The minimum atomic E-state index is -2.38. The highest BCUT2D eigenvalue weighted by Gasteiger charge is 2.46. The van der Waals surface area contributed by atoms with Crippen LogP contribution in [0.3, 0.4) is 0 Å². The molecule has 0 aromatic carbocycles. The third kappa shape index (κ3) is 2.06. The molecule has 1 saturated heterocycles. The summed E-state index contributed by atoms with van der Waals surface area (Å²) in [4.78, 5) is 2.23. The first-order chi connectivity index (χ1) is 6.46. The van der Waals surface area contributed by atoms with Gasteiger partial charge in [-0.2, -0.15) is 0 Å². The van der Waals surface area contributed by atoms with E-state index in [0.717, 1.165) is 19.6 Å². The van der Waals surface area contributed by atoms with Gasteiger partial charge in [-0.15, -0.1) is 0 Å². The highest BCUT2D eigenvalue weighted by molar-refractivity contribution is 4.91. The average Bonchev–Trinajstić information content (AvgIpc) is 2.27. The molecule has 82 valence electrons. The molecule has 4 heteroatoms. The second-order valence-electron chi connectivity index (χ2n) is 4.99. The van der Waals surface area contributed by atoms with Gasteiger partial charge >= 0.3 is 0 Å². The van der Waals surface area contributed by atoms with Crippen LogP contribution in [-0.2, 0) is 0 Å². The molecule has 2 N–H and O–H groups in total. The molecule has 2 fully saturated rings. The van der Waals surface area contributed by atoms with Gasteiger partial charge in [0.05, 0.1) is 0 Å². The van der Waals surface area contributed by atoms with Crippen LogP contribution in [0.5, 0.6) is 0 Å². The van der Waals surface area contributed by atoms with Crippen molar-refractivity contribution in [2.24, 2.45) is 17.6 Å². The zero-order chi connectivity index (χ0) is 10.3. The molecule has 0 spiro atoms. The normalized spacial score (nSPS) is 38.6. The van der Waals surface area contributed by atoms with Crippen molar-refractivity contribution in [2.75, 3.05) is 19.6 Å². The van der Waals surface area contributed by atoms with Crippen LogP contribution in [0.4, 0.5) is 8.78 Å². The Bertz CT molecular complexity index is 202. The van der Waals surface area contributed by atoms with Gasteiger partial charge in [0.25, 0.3) is 0 Å². The van der Waals surface area contributed by atoms with Crippen LogP contribution in [-0.4, -0.2) is 36.5 Å². The van der Waals surface area contributed by atoms with Gasteiger partial charge in [0.15, 0.2) is 0 Å². The molecular formula is C10H18F2N2. The molecule has 0 radical (unpaired) electrons. The number of nitrogens with two attached hydrogens (primary N) is 1. The first kappa shape index (κ1) is 10.3. The molecule has 2 unspecified atom stereocenters. The van der Waals surface area contributed by atoms with Crippen molar-refractivity contribution in [3.63, 3.8) is 0 Å². The highest BCUT2D eigenvalue weighted by atomic mass is 19.3. The van der Waals surface area contributed by atoms with E-state index in [2.05, 4.69) is 11.8 Å². The number of halogens is 2. The van der Waals surface area contributed by atoms with Crippen molar-refractivity contribution < 1.29 is 8.78 Å². The van der Waals surface area contributed by atoms with Crippen LogP contribution in [0.25, 0.3) is 0 Å². The minimum absolute atomic E-state index is 0.0765. The Morgan fingerprint density at radius 3 is 2.43 bits per heavy atom. The molecule has 1 aliphatic heterocycles. The summed E-state index contributed by atoms with van der Waals surface area (Å²) in [7, 11) is 0. The van der Waals surface area contributed by atoms with Crippen LogP contribution in [0.15, 0.2) is 0 Å². The number of nitrogens with zero attached hydrogens (tertiary/aromatic N) is 1. The molecule has 1 saturated carbocycles. The van der Waals surface area contributed by atoms with E-state index < -0.39 is 5.92 Å². The molecule has 2 nitrogen and oxygen atoms in total. The van der Waals surface area contributed by atoms with Crippen LogP contribution < -0.4 is 5.73 Å². The van der Waals surface area contributed by atoms with Crippen molar-refractivity contribution >= 4 is 0 Å². The Kier molecular flexibility index (Phi) is 2.52. The topological polar surface area (TPSA) is 29.3 Å². The third-order valence-electron chi connectivity index (χ3n) is 3.44. The zero-order valence-electron chi connectivity index (χ0n) is 8.55. The lowest BCUT2D eigenvalue weighted by Crippen LogP contribution is -2.42. The predicted octanol–water partition coefficient (Wildman–Crippen LogP) is 1.31. The molecule has 0 amide bonds. The maximum atomic E-state index is 12.6. The maximum absolute atomic E-state index is 12.6. The third-order valence-corrected chi connectivity index (χ3v) is 3.44. The fourth-order valence-electron chi connectivity index (χ4n) is 2.52. The summed E-state index contributed by atoms with van der Waals surface area (Å²) >= 11 is 0. The summed E-state index contributed by atoms with van der Waals surface area (Å²) in [5.74, 6) is -1.67. The van der Waals surface area contributed by atoms with E-state index in [1.165, 1.54) is 0 Å². The van der Waals surface area contributed by atoms with Gasteiger partial charge in [-0.05, 0) is 11.8 Å². The predicted molar refractivity (Wildman–Crippen MR) is 51.3 cm³/mol. The Labute approximate surface area is 83.4 Å². The Morgan fingerprint density at radius 1 is 1.36 bits per heavy atom. The largest absolute Gasteiger partial charge is 0.326 e. The number of likely N-dealkylation sites (tertiary alicyclic amines) is 1. The molecule has 2 aliphatic rings. The van der Waals surface area contributed by atoms with E-state index in [0.29, 0.717) is 5.92 Å². The zero-order valence-corrected chi connectivity index (χ0v) is 8.55. The van der Waals surface area contributed by atoms with Gasteiger partial charge in [0.2, 0.25) is 5.92 Å². The first-order valence-electron chi connectivity index (χ1n) is 5.32. The minimum Gasteiger partial charge on any atom is -0.326 e. The van der Waals surface area contributed by atoms with Crippen LogP contribution in [0.1, 0.15) is 19.8 Å². The second kappa shape index (κ2) is 3.42. The van der Waals surface area contributed by atoms with Crippen molar-refractivity contribution in [1.82, 2.24) is 4.90 Å². The SMILES string of the molecule is CC1CN(CC2CC(F)(F)C2)CC1N. The van der Waals surface area contributed by atoms with Crippen LogP contribution in [0.2, 0.25) is 0 Å². The summed E-state index contributed by atoms with van der Waals surface area (Å²) in [6.07, 6.45) is 0.153. The molecule has 14 heavy (non-hydrogen) atoms. The van der Waals surface area contributed by atoms with E-state index in [1.807, 2.05) is 0 Å². The summed E-state index contributed by atoms with van der Waals surface area (Å²) in [6, 6.07) is 0.232. The molecule has 0 bridgehead atoms. The lowest BCUT2D eigenvalue weighted by molar-refractivity contribution is -0.115. The fraction of sp³-hybridized carbons (Fsp3) is 1.00. The standard InChI is InChI=1S/C10H18F2N2/c1-7-4-14(6-9(7)13)5-8-2-10(11,12)3-8/h7-9H,2-6,13H2,1H3. The molecular weight excluding hydrogens is 186 g/mol. The molecule has 0 aromatic rings. The fourth-order valence-corrected chi connectivity index (χ4v) is 2.52.